The van der Waals surface area contributed by atoms with Crippen LogP contribution in [0, 0.1) is 5.82 Å². The third kappa shape index (κ3) is 2.81. The number of nitrogens with two attached hydrogens (primary N) is 1. The molecule has 0 aliphatic carbocycles. The molecule has 0 unspecified atom stereocenters. The number of aromatic nitrogens is 3. The van der Waals surface area contributed by atoms with Gasteiger partial charge in [-0.05, 0) is 31.2 Å². The first-order chi connectivity index (χ1) is 8.20. The number of rotatable bonds is 4. The van der Waals surface area contributed by atoms with E-state index in [1.807, 2.05) is 0 Å². The fraction of sp³-hybridized carbons (Fsp3) is 0.273. The van der Waals surface area contributed by atoms with Crippen LogP contribution in [0.4, 0.5) is 4.39 Å². The van der Waals surface area contributed by atoms with Crippen LogP contribution in [0.2, 0.25) is 5.02 Å². The molecule has 0 spiro atoms. The van der Waals surface area contributed by atoms with Crippen LogP contribution in [-0.2, 0) is 6.54 Å². The zero-order valence-electron chi connectivity index (χ0n) is 9.11. The van der Waals surface area contributed by atoms with Crippen LogP contribution >= 0.6 is 11.6 Å². The summed E-state index contributed by atoms with van der Waals surface area (Å²) >= 11 is 5.94. The highest BCUT2D eigenvalue weighted by Gasteiger charge is 2.08. The number of benzene rings is 1. The summed E-state index contributed by atoms with van der Waals surface area (Å²) in [4.78, 5) is 0. The lowest BCUT2D eigenvalue weighted by Gasteiger charge is -1.99. The van der Waals surface area contributed by atoms with Gasteiger partial charge in [-0.25, -0.2) is 4.39 Å². The zero-order valence-corrected chi connectivity index (χ0v) is 9.86. The Kier molecular flexibility index (Phi) is 3.71. The number of nitrogens with zero attached hydrogens (tertiary/aromatic N) is 3. The first-order valence-corrected chi connectivity index (χ1v) is 5.64. The molecule has 1 aromatic carbocycles. The van der Waals surface area contributed by atoms with Gasteiger partial charge in [-0.3, -0.25) is 4.68 Å². The van der Waals surface area contributed by atoms with E-state index in [2.05, 4.69) is 10.3 Å². The molecule has 0 aliphatic rings. The van der Waals surface area contributed by atoms with Crippen molar-refractivity contribution in [3.8, 4) is 11.3 Å². The van der Waals surface area contributed by atoms with Crippen molar-refractivity contribution in [1.29, 1.82) is 0 Å². The summed E-state index contributed by atoms with van der Waals surface area (Å²) in [6, 6.07) is 4.20. The van der Waals surface area contributed by atoms with Crippen molar-refractivity contribution in [2.24, 2.45) is 5.73 Å². The highest BCUT2D eigenvalue weighted by atomic mass is 35.5. The first-order valence-electron chi connectivity index (χ1n) is 5.26. The van der Waals surface area contributed by atoms with Gasteiger partial charge >= 0.3 is 0 Å². The van der Waals surface area contributed by atoms with E-state index in [4.69, 9.17) is 17.3 Å². The summed E-state index contributed by atoms with van der Waals surface area (Å²) < 4.78 is 14.6. The minimum absolute atomic E-state index is 0.330. The summed E-state index contributed by atoms with van der Waals surface area (Å²) in [5, 5.41) is 8.28. The lowest BCUT2D eigenvalue weighted by molar-refractivity contribution is 0.564. The Balaban J connectivity index is 2.24. The van der Waals surface area contributed by atoms with E-state index >= 15 is 0 Å². The minimum atomic E-state index is -0.366. The average molecular weight is 255 g/mol. The molecule has 17 heavy (non-hydrogen) atoms. The Bertz CT molecular complexity index is 512. The van der Waals surface area contributed by atoms with Crippen LogP contribution in [0.5, 0.6) is 0 Å². The predicted octanol–water partition coefficient (Wildman–Crippen LogP) is 2.09. The van der Waals surface area contributed by atoms with Gasteiger partial charge in [-0.15, -0.1) is 5.10 Å². The summed E-state index contributed by atoms with van der Waals surface area (Å²) in [6.45, 7) is 1.31. The van der Waals surface area contributed by atoms with Crippen molar-refractivity contribution >= 4 is 11.6 Å². The molecule has 0 amide bonds. The Morgan fingerprint density at radius 3 is 2.94 bits per heavy atom. The predicted molar refractivity (Wildman–Crippen MR) is 64.1 cm³/mol. The van der Waals surface area contributed by atoms with Crippen molar-refractivity contribution in [3.05, 3.63) is 35.2 Å². The van der Waals surface area contributed by atoms with Crippen molar-refractivity contribution in [2.45, 2.75) is 13.0 Å². The van der Waals surface area contributed by atoms with Crippen molar-refractivity contribution in [1.82, 2.24) is 15.0 Å². The number of aryl methyl sites for hydroxylation is 1. The molecule has 0 bridgehead atoms. The Hall–Kier alpha value is -1.46. The molecule has 1 heterocycles. The second kappa shape index (κ2) is 5.25. The second-order valence-electron chi connectivity index (χ2n) is 3.63. The number of hydrogen-bond acceptors (Lipinski definition) is 3. The first kappa shape index (κ1) is 12.0. The quantitative estimate of drug-likeness (QED) is 0.909. The molecule has 0 saturated carbocycles. The van der Waals surface area contributed by atoms with Crippen LogP contribution < -0.4 is 5.73 Å². The van der Waals surface area contributed by atoms with E-state index < -0.39 is 0 Å². The zero-order chi connectivity index (χ0) is 12.3. The van der Waals surface area contributed by atoms with E-state index in [0.29, 0.717) is 29.4 Å². The molecule has 0 atom stereocenters. The average Bonchev–Trinajstić information content (AvgIpc) is 2.75. The van der Waals surface area contributed by atoms with Gasteiger partial charge in [0, 0.05) is 12.1 Å². The van der Waals surface area contributed by atoms with Crippen molar-refractivity contribution in [3.63, 3.8) is 0 Å². The standard InChI is InChI=1S/C11H12ClFN4/c12-10-6-8(13)2-3-9(10)11-7-17(16-15-11)5-1-4-14/h2-3,6-7H,1,4-5,14H2. The molecule has 0 fully saturated rings. The minimum Gasteiger partial charge on any atom is -0.330 e. The van der Waals surface area contributed by atoms with Gasteiger partial charge in [0.25, 0.3) is 0 Å². The molecule has 0 radical (unpaired) electrons. The van der Waals surface area contributed by atoms with E-state index in [0.717, 1.165) is 6.42 Å². The summed E-state index contributed by atoms with van der Waals surface area (Å²) in [6.07, 6.45) is 2.61. The van der Waals surface area contributed by atoms with Gasteiger partial charge in [0.1, 0.15) is 11.5 Å². The molecule has 6 heteroatoms. The third-order valence-electron chi connectivity index (χ3n) is 2.34. The van der Waals surface area contributed by atoms with Crippen LogP contribution in [0.3, 0.4) is 0 Å². The second-order valence-corrected chi connectivity index (χ2v) is 4.04. The maximum atomic E-state index is 12.9. The highest BCUT2D eigenvalue weighted by Crippen LogP contribution is 2.26. The molecule has 0 aliphatic heterocycles. The van der Waals surface area contributed by atoms with E-state index in [1.54, 1.807) is 16.9 Å². The Labute approximate surface area is 103 Å². The SMILES string of the molecule is NCCCn1cc(-c2ccc(F)cc2Cl)nn1. The van der Waals surface area contributed by atoms with Gasteiger partial charge in [-0.2, -0.15) is 0 Å². The largest absolute Gasteiger partial charge is 0.330 e. The molecule has 90 valence electrons. The highest BCUT2D eigenvalue weighted by molar-refractivity contribution is 6.33. The number of hydrogen-bond donors (Lipinski definition) is 1. The maximum Gasteiger partial charge on any atom is 0.124 e. The molecule has 0 saturated heterocycles. The normalized spacial score (nSPS) is 10.8. The summed E-state index contributed by atoms with van der Waals surface area (Å²) in [5.41, 5.74) is 6.72. The van der Waals surface area contributed by atoms with Gasteiger partial charge in [0.2, 0.25) is 0 Å². The Morgan fingerprint density at radius 1 is 1.41 bits per heavy atom. The Morgan fingerprint density at radius 2 is 2.24 bits per heavy atom. The smallest absolute Gasteiger partial charge is 0.124 e. The van der Waals surface area contributed by atoms with Gasteiger partial charge in [-0.1, -0.05) is 16.8 Å². The molecule has 2 aromatic rings. The maximum absolute atomic E-state index is 12.9. The third-order valence-corrected chi connectivity index (χ3v) is 2.65. The molecule has 4 nitrogen and oxygen atoms in total. The molecule has 1 aromatic heterocycles. The molecule has 2 N–H and O–H groups in total. The van der Waals surface area contributed by atoms with Gasteiger partial charge in [0.05, 0.1) is 11.2 Å². The molecule has 2 rings (SSSR count). The fourth-order valence-corrected chi connectivity index (χ4v) is 1.75. The van der Waals surface area contributed by atoms with Crippen LogP contribution in [0.25, 0.3) is 11.3 Å². The lowest BCUT2D eigenvalue weighted by atomic mass is 10.2. The van der Waals surface area contributed by atoms with Crippen molar-refractivity contribution in [2.75, 3.05) is 6.54 Å². The van der Waals surface area contributed by atoms with E-state index in [-0.39, 0.29) is 5.82 Å². The lowest BCUT2D eigenvalue weighted by Crippen LogP contribution is -2.06. The summed E-state index contributed by atoms with van der Waals surface area (Å²) in [7, 11) is 0. The molecular weight excluding hydrogens is 243 g/mol. The number of halogens is 2. The van der Waals surface area contributed by atoms with Crippen LogP contribution in [-0.4, -0.2) is 21.5 Å². The van der Waals surface area contributed by atoms with Crippen LogP contribution in [0.15, 0.2) is 24.4 Å². The van der Waals surface area contributed by atoms with Crippen molar-refractivity contribution < 1.29 is 4.39 Å². The van der Waals surface area contributed by atoms with Gasteiger partial charge < -0.3 is 5.73 Å². The topological polar surface area (TPSA) is 56.7 Å². The van der Waals surface area contributed by atoms with E-state index in [1.165, 1.54) is 12.1 Å². The summed E-state index contributed by atoms with van der Waals surface area (Å²) in [5.74, 6) is -0.366. The van der Waals surface area contributed by atoms with Crippen LogP contribution in [0.1, 0.15) is 6.42 Å². The fourth-order valence-electron chi connectivity index (χ4n) is 1.48. The monoisotopic (exact) mass is 254 g/mol. The van der Waals surface area contributed by atoms with E-state index in [9.17, 15) is 4.39 Å². The van der Waals surface area contributed by atoms with Gasteiger partial charge in [0.15, 0.2) is 0 Å². The molecular formula is C11H12ClFN4.